The number of amides is 1. The summed E-state index contributed by atoms with van der Waals surface area (Å²) in [5.74, 6) is 1.47. The van der Waals surface area contributed by atoms with Crippen molar-refractivity contribution in [1.29, 1.82) is 0 Å². The minimum Gasteiger partial charge on any atom is -0.497 e. The molecule has 0 saturated heterocycles. The first kappa shape index (κ1) is 19.8. The molecule has 1 aromatic heterocycles. The molecule has 3 aromatic rings. The summed E-state index contributed by atoms with van der Waals surface area (Å²) in [6.45, 7) is 0.330. The first-order chi connectivity index (χ1) is 13.5. The summed E-state index contributed by atoms with van der Waals surface area (Å²) in [5.41, 5.74) is 1.58. The fourth-order valence-electron chi connectivity index (χ4n) is 2.91. The van der Waals surface area contributed by atoms with E-state index in [-0.39, 0.29) is 17.2 Å². The lowest BCUT2D eigenvalue weighted by Gasteiger charge is -2.12. The highest BCUT2D eigenvalue weighted by atomic mass is 32.2. The smallest absolute Gasteiger partial charge is 0.251 e. The van der Waals surface area contributed by atoms with E-state index in [9.17, 15) is 9.59 Å². The average Bonchev–Trinajstić information content (AvgIpc) is 2.73. The van der Waals surface area contributed by atoms with Crippen molar-refractivity contribution in [2.24, 2.45) is 7.05 Å². The summed E-state index contributed by atoms with van der Waals surface area (Å²) >= 11 is 1.35. The van der Waals surface area contributed by atoms with Crippen molar-refractivity contribution in [3.63, 3.8) is 0 Å². The van der Waals surface area contributed by atoms with Crippen LogP contribution in [-0.2, 0) is 18.4 Å². The van der Waals surface area contributed by atoms with Crippen LogP contribution in [0, 0.1) is 0 Å². The number of para-hydroxylation sites is 1. The number of pyridine rings is 1. The van der Waals surface area contributed by atoms with E-state index < -0.39 is 0 Å². The van der Waals surface area contributed by atoms with E-state index in [0.717, 1.165) is 21.4 Å². The van der Waals surface area contributed by atoms with Crippen molar-refractivity contribution in [3.8, 4) is 11.5 Å². The number of hydrogen-bond acceptors (Lipinski definition) is 5. The minimum atomic E-state index is -0.125. The molecule has 146 valence electrons. The van der Waals surface area contributed by atoms with E-state index in [1.807, 2.05) is 30.3 Å². The SMILES string of the molecule is COc1ccc(OC)c(CNC(=O)CSc2cc(=O)n(C)c3ccccc23)c1. The van der Waals surface area contributed by atoms with Crippen LogP contribution in [0.3, 0.4) is 0 Å². The normalized spacial score (nSPS) is 10.7. The van der Waals surface area contributed by atoms with Gasteiger partial charge in [0.2, 0.25) is 5.91 Å². The molecule has 2 aromatic carbocycles. The van der Waals surface area contributed by atoms with Crippen molar-refractivity contribution in [1.82, 2.24) is 9.88 Å². The highest BCUT2D eigenvalue weighted by Crippen LogP contribution is 2.26. The molecular formula is C21H22N2O4S. The van der Waals surface area contributed by atoms with Gasteiger partial charge in [-0.15, -0.1) is 11.8 Å². The third kappa shape index (κ3) is 4.31. The van der Waals surface area contributed by atoms with Gasteiger partial charge in [0.15, 0.2) is 0 Å². The summed E-state index contributed by atoms with van der Waals surface area (Å²) in [5, 5.41) is 3.85. The van der Waals surface area contributed by atoms with E-state index in [1.165, 1.54) is 11.8 Å². The summed E-state index contributed by atoms with van der Waals surface area (Å²) < 4.78 is 12.2. The number of aryl methyl sites for hydroxylation is 1. The quantitative estimate of drug-likeness (QED) is 0.620. The second-order valence-corrected chi connectivity index (χ2v) is 7.18. The molecule has 1 amide bonds. The van der Waals surface area contributed by atoms with E-state index in [2.05, 4.69) is 5.32 Å². The molecular weight excluding hydrogens is 376 g/mol. The van der Waals surface area contributed by atoms with E-state index in [0.29, 0.717) is 18.0 Å². The maximum absolute atomic E-state index is 12.3. The van der Waals surface area contributed by atoms with Gasteiger partial charge in [-0.1, -0.05) is 18.2 Å². The highest BCUT2D eigenvalue weighted by molar-refractivity contribution is 8.00. The number of fused-ring (bicyclic) bond motifs is 1. The Labute approximate surface area is 167 Å². The molecule has 0 radical (unpaired) electrons. The van der Waals surface area contributed by atoms with Crippen LogP contribution in [0.5, 0.6) is 11.5 Å². The maximum Gasteiger partial charge on any atom is 0.251 e. The molecule has 6 nitrogen and oxygen atoms in total. The molecule has 0 fully saturated rings. The van der Waals surface area contributed by atoms with Gasteiger partial charge in [0.25, 0.3) is 5.56 Å². The topological polar surface area (TPSA) is 69.6 Å². The predicted octanol–water partition coefficient (Wildman–Crippen LogP) is 2.96. The van der Waals surface area contributed by atoms with Crippen molar-refractivity contribution in [3.05, 3.63) is 64.4 Å². The summed E-state index contributed by atoms with van der Waals surface area (Å²) in [4.78, 5) is 25.3. The number of carbonyl (C=O) groups is 1. The van der Waals surface area contributed by atoms with Gasteiger partial charge in [-0.3, -0.25) is 9.59 Å². The van der Waals surface area contributed by atoms with Gasteiger partial charge in [0, 0.05) is 35.5 Å². The van der Waals surface area contributed by atoms with Crippen LogP contribution in [0.1, 0.15) is 5.56 Å². The summed E-state index contributed by atoms with van der Waals surface area (Å²) in [7, 11) is 4.92. The van der Waals surface area contributed by atoms with Crippen molar-refractivity contribution in [2.75, 3.05) is 20.0 Å². The molecule has 0 spiro atoms. The van der Waals surface area contributed by atoms with Crippen molar-refractivity contribution < 1.29 is 14.3 Å². The molecule has 0 aliphatic heterocycles. The molecule has 1 heterocycles. The standard InChI is InChI=1S/C21H22N2O4S/c1-23-17-7-5-4-6-16(17)19(11-21(23)25)28-13-20(24)22-12-14-10-15(26-2)8-9-18(14)27-3/h4-11H,12-13H2,1-3H3,(H,22,24). The van der Waals surface area contributed by atoms with Crippen LogP contribution < -0.4 is 20.3 Å². The van der Waals surface area contributed by atoms with Gasteiger partial charge in [0.05, 0.1) is 25.5 Å². The number of hydrogen-bond donors (Lipinski definition) is 1. The van der Waals surface area contributed by atoms with Crippen molar-refractivity contribution in [2.45, 2.75) is 11.4 Å². The number of methoxy groups -OCH3 is 2. The lowest BCUT2D eigenvalue weighted by molar-refractivity contribution is -0.118. The summed E-state index contributed by atoms with van der Waals surface area (Å²) in [6, 6.07) is 14.7. The van der Waals surface area contributed by atoms with Crippen molar-refractivity contribution >= 4 is 28.6 Å². The Morgan fingerprint density at radius 2 is 1.89 bits per heavy atom. The Bertz CT molecular complexity index is 1060. The Morgan fingerprint density at radius 3 is 2.64 bits per heavy atom. The van der Waals surface area contributed by atoms with Crippen LogP contribution in [0.25, 0.3) is 10.9 Å². The fourth-order valence-corrected chi connectivity index (χ4v) is 3.81. The highest BCUT2D eigenvalue weighted by Gasteiger charge is 2.11. The molecule has 7 heteroatoms. The Kier molecular flexibility index (Phi) is 6.26. The Morgan fingerprint density at radius 1 is 1.11 bits per heavy atom. The monoisotopic (exact) mass is 398 g/mol. The second-order valence-electron chi connectivity index (χ2n) is 6.17. The Balaban J connectivity index is 1.68. The van der Waals surface area contributed by atoms with Crippen LogP contribution in [0.2, 0.25) is 0 Å². The maximum atomic E-state index is 12.3. The molecule has 3 rings (SSSR count). The van der Waals surface area contributed by atoms with E-state index >= 15 is 0 Å². The zero-order valence-electron chi connectivity index (χ0n) is 16.0. The van der Waals surface area contributed by atoms with Gasteiger partial charge in [-0.25, -0.2) is 0 Å². The van der Waals surface area contributed by atoms with Gasteiger partial charge in [-0.2, -0.15) is 0 Å². The van der Waals surface area contributed by atoms with E-state index in [1.54, 1.807) is 44.0 Å². The lowest BCUT2D eigenvalue weighted by Crippen LogP contribution is -2.25. The predicted molar refractivity (Wildman–Crippen MR) is 111 cm³/mol. The number of rotatable bonds is 7. The molecule has 0 saturated carbocycles. The van der Waals surface area contributed by atoms with Crippen LogP contribution in [-0.4, -0.2) is 30.4 Å². The Hall–Kier alpha value is -2.93. The number of ether oxygens (including phenoxy) is 2. The fraction of sp³-hybridized carbons (Fsp3) is 0.238. The lowest BCUT2D eigenvalue weighted by atomic mass is 10.2. The average molecular weight is 398 g/mol. The van der Waals surface area contributed by atoms with Gasteiger partial charge >= 0.3 is 0 Å². The molecule has 0 bridgehead atoms. The molecule has 0 aliphatic carbocycles. The molecule has 1 N–H and O–H groups in total. The van der Waals surface area contributed by atoms with Gasteiger partial charge in [0.1, 0.15) is 11.5 Å². The third-order valence-corrected chi connectivity index (χ3v) is 5.49. The van der Waals surface area contributed by atoms with Crippen LogP contribution in [0.4, 0.5) is 0 Å². The van der Waals surface area contributed by atoms with Crippen LogP contribution in [0.15, 0.2) is 58.2 Å². The number of aromatic nitrogens is 1. The second kappa shape index (κ2) is 8.84. The summed E-state index contributed by atoms with van der Waals surface area (Å²) in [6.07, 6.45) is 0. The molecule has 0 atom stereocenters. The van der Waals surface area contributed by atoms with Gasteiger partial charge in [-0.05, 0) is 24.3 Å². The number of benzene rings is 2. The first-order valence-electron chi connectivity index (χ1n) is 8.72. The zero-order chi connectivity index (χ0) is 20.1. The zero-order valence-corrected chi connectivity index (χ0v) is 16.8. The molecule has 0 aliphatic rings. The number of thioether (sulfide) groups is 1. The van der Waals surface area contributed by atoms with Crippen LogP contribution >= 0.6 is 11.8 Å². The van der Waals surface area contributed by atoms with Gasteiger partial charge < -0.3 is 19.4 Å². The largest absolute Gasteiger partial charge is 0.497 e. The number of nitrogens with one attached hydrogen (secondary N) is 1. The number of carbonyl (C=O) groups excluding carboxylic acids is 1. The minimum absolute atomic E-state index is 0.0947. The van der Waals surface area contributed by atoms with E-state index in [4.69, 9.17) is 9.47 Å². The third-order valence-electron chi connectivity index (χ3n) is 4.44. The first-order valence-corrected chi connectivity index (χ1v) is 9.71. The molecule has 0 unspecified atom stereocenters. The molecule has 28 heavy (non-hydrogen) atoms. The number of nitrogens with zero attached hydrogens (tertiary/aromatic N) is 1.